The Morgan fingerprint density at radius 1 is 1.43 bits per heavy atom. The molecule has 1 aliphatic heterocycles. The van der Waals surface area contributed by atoms with Crippen LogP contribution in [0.25, 0.3) is 0 Å². The second-order valence-corrected chi connectivity index (χ2v) is 7.78. The molecule has 118 valence electrons. The second kappa shape index (κ2) is 6.04. The molecular weight excluding hydrogens is 290 g/mol. The van der Waals surface area contributed by atoms with Crippen molar-refractivity contribution in [3.8, 4) is 0 Å². The minimum atomic E-state index is -3.55. The molecule has 2 rings (SSSR count). The van der Waals surface area contributed by atoms with Crippen molar-refractivity contribution >= 4 is 10.0 Å². The Hall–Kier alpha value is -0.950. The summed E-state index contributed by atoms with van der Waals surface area (Å²) in [5, 5.41) is 9.31. The van der Waals surface area contributed by atoms with Gasteiger partial charge in [0.15, 0.2) is 0 Å². The van der Waals surface area contributed by atoms with Crippen LogP contribution in [0.3, 0.4) is 0 Å². The van der Waals surface area contributed by atoms with Gasteiger partial charge in [-0.3, -0.25) is 0 Å². The van der Waals surface area contributed by atoms with E-state index in [-0.39, 0.29) is 11.5 Å². The number of methoxy groups -OCH3 is 1. The lowest BCUT2D eigenvalue weighted by atomic mass is 9.96. The van der Waals surface area contributed by atoms with Crippen molar-refractivity contribution in [2.75, 3.05) is 20.2 Å². The van der Waals surface area contributed by atoms with Gasteiger partial charge in [-0.2, -0.15) is 4.31 Å². The SMILES string of the molecule is COC1(C)CCCN(S(=O)(=O)c2ccc(C)c(CO)c2)C1. The van der Waals surface area contributed by atoms with E-state index < -0.39 is 15.6 Å². The van der Waals surface area contributed by atoms with E-state index in [0.717, 1.165) is 18.4 Å². The van der Waals surface area contributed by atoms with Crippen LogP contribution in [-0.4, -0.2) is 43.6 Å². The van der Waals surface area contributed by atoms with Gasteiger partial charge in [-0.25, -0.2) is 8.42 Å². The van der Waals surface area contributed by atoms with Crippen molar-refractivity contribution in [1.82, 2.24) is 4.31 Å². The molecule has 21 heavy (non-hydrogen) atoms. The van der Waals surface area contributed by atoms with Crippen molar-refractivity contribution in [2.45, 2.75) is 43.8 Å². The first-order chi connectivity index (χ1) is 9.82. The zero-order valence-corrected chi connectivity index (χ0v) is 13.6. The Morgan fingerprint density at radius 3 is 2.76 bits per heavy atom. The number of rotatable bonds is 4. The topological polar surface area (TPSA) is 66.8 Å². The highest BCUT2D eigenvalue weighted by Gasteiger charge is 2.37. The molecule has 0 amide bonds. The Morgan fingerprint density at radius 2 is 2.14 bits per heavy atom. The molecule has 1 atom stereocenters. The van der Waals surface area contributed by atoms with Gasteiger partial charge in [-0.05, 0) is 49.9 Å². The Balaban J connectivity index is 2.33. The number of piperidine rings is 1. The second-order valence-electron chi connectivity index (χ2n) is 5.84. The quantitative estimate of drug-likeness (QED) is 0.918. The third-order valence-corrected chi connectivity index (χ3v) is 6.09. The molecule has 1 fully saturated rings. The maximum Gasteiger partial charge on any atom is 0.243 e. The van der Waals surface area contributed by atoms with Crippen molar-refractivity contribution in [1.29, 1.82) is 0 Å². The number of ether oxygens (including phenoxy) is 1. The molecule has 0 spiro atoms. The van der Waals surface area contributed by atoms with E-state index >= 15 is 0 Å². The predicted octanol–water partition coefficient (Wildman–Crippen LogP) is 1.68. The molecule has 1 aliphatic rings. The summed E-state index contributed by atoms with van der Waals surface area (Å²) in [4.78, 5) is 0.234. The van der Waals surface area contributed by atoms with Crippen LogP contribution < -0.4 is 0 Å². The highest BCUT2D eigenvalue weighted by Crippen LogP contribution is 2.29. The fourth-order valence-corrected chi connectivity index (χ4v) is 4.30. The summed E-state index contributed by atoms with van der Waals surface area (Å²) < 4.78 is 32.5. The molecular formula is C15H23NO4S. The van der Waals surface area contributed by atoms with Crippen LogP contribution in [0.5, 0.6) is 0 Å². The Bertz CT molecular complexity index is 614. The number of aliphatic hydroxyl groups excluding tert-OH is 1. The van der Waals surface area contributed by atoms with Gasteiger partial charge in [0.05, 0.1) is 17.1 Å². The van der Waals surface area contributed by atoms with E-state index in [0.29, 0.717) is 18.7 Å². The first-order valence-corrected chi connectivity index (χ1v) is 8.52. The van der Waals surface area contributed by atoms with Gasteiger partial charge in [-0.1, -0.05) is 6.07 Å². The summed E-state index contributed by atoms with van der Waals surface area (Å²) in [7, 11) is -1.93. The van der Waals surface area contributed by atoms with Gasteiger partial charge < -0.3 is 9.84 Å². The molecule has 1 heterocycles. The summed E-state index contributed by atoms with van der Waals surface area (Å²) in [6, 6.07) is 4.89. The molecule has 0 bridgehead atoms. The molecule has 5 nitrogen and oxygen atoms in total. The minimum Gasteiger partial charge on any atom is -0.392 e. The lowest BCUT2D eigenvalue weighted by Crippen LogP contribution is -2.49. The third kappa shape index (κ3) is 3.29. The zero-order chi connectivity index (χ0) is 15.7. The number of benzene rings is 1. The molecule has 0 aromatic heterocycles. The summed E-state index contributed by atoms with van der Waals surface area (Å²) >= 11 is 0. The summed E-state index contributed by atoms with van der Waals surface area (Å²) in [6.45, 7) is 4.48. The van der Waals surface area contributed by atoms with E-state index in [4.69, 9.17) is 4.74 Å². The van der Waals surface area contributed by atoms with E-state index in [2.05, 4.69) is 0 Å². The third-order valence-electron chi connectivity index (χ3n) is 4.25. The van der Waals surface area contributed by atoms with Gasteiger partial charge in [0.2, 0.25) is 10.0 Å². The normalized spacial score (nSPS) is 24.2. The molecule has 0 saturated carbocycles. The van der Waals surface area contributed by atoms with Crippen LogP contribution in [0.2, 0.25) is 0 Å². The first kappa shape index (κ1) is 16.4. The zero-order valence-electron chi connectivity index (χ0n) is 12.8. The molecule has 1 N–H and O–H groups in total. The van der Waals surface area contributed by atoms with E-state index in [1.54, 1.807) is 25.3 Å². The molecule has 1 aromatic rings. The average molecular weight is 313 g/mol. The van der Waals surface area contributed by atoms with Gasteiger partial charge in [0.1, 0.15) is 0 Å². The summed E-state index contributed by atoms with van der Waals surface area (Å²) in [6.07, 6.45) is 1.63. The fourth-order valence-electron chi connectivity index (χ4n) is 2.66. The number of sulfonamides is 1. The highest BCUT2D eigenvalue weighted by atomic mass is 32.2. The van der Waals surface area contributed by atoms with Crippen molar-refractivity contribution < 1.29 is 18.3 Å². The Labute approximate surface area is 126 Å². The molecule has 0 aliphatic carbocycles. The standard InChI is InChI=1S/C15H23NO4S/c1-12-5-6-14(9-13(12)10-17)21(18,19)16-8-4-7-15(2,11-16)20-3/h5-6,9,17H,4,7-8,10-11H2,1-3H3. The largest absolute Gasteiger partial charge is 0.392 e. The van der Waals surface area contributed by atoms with E-state index in [1.165, 1.54) is 4.31 Å². The van der Waals surface area contributed by atoms with Crippen LogP contribution in [0.4, 0.5) is 0 Å². The van der Waals surface area contributed by atoms with Gasteiger partial charge in [-0.15, -0.1) is 0 Å². The maximum atomic E-state index is 12.8. The molecule has 1 aromatic carbocycles. The summed E-state index contributed by atoms with van der Waals surface area (Å²) in [5.41, 5.74) is 1.09. The molecule has 1 unspecified atom stereocenters. The maximum absolute atomic E-state index is 12.8. The molecule has 1 saturated heterocycles. The number of aryl methyl sites for hydroxylation is 1. The number of hydrogen-bond donors (Lipinski definition) is 1. The summed E-state index contributed by atoms with van der Waals surface area (Å²) in [5.74, 6) is 0. The fraction of sp³-hybridized carbons (Fsp3) is 0.600. The van der Waals surface area contributed by atoms with E-state index in [1.807, 2.05) is 13.8 Å². The lowest BCUT2D eigenvalue weighted by Gasteiger charge is -2.38. The lowest BCUT2D eigenvalue weighted by molar-refractivity contribution is -0.0319. The van der Waals surface area contributed by atoms with Gasteiger partial charge >= 0.3 is 0 Å². The number of aliphatic hydroxyl groups is 1. The number of hydrogen-bond acceptors (Lipinski definition) is 4. The number of nitrogens with zero attached hydrogens (tertiary/aromatic N) is 1. The Kier molecular flexibility index (Phi) is 4.72. The van der Waals surface area contributed by atoms with Crippen LogP contribution in [0, 0.1) is 6.92 Å². The van der Waals surface area contributed by atoms with E-state index in [9.17, 15) is 13.5 Å². The van der Waals surface area contributed by atoms with Gasteiger partial charge in [0, 0.05) is 20.2 Å². The smallest absolute Gasteiger partial charge is 0.243 e. The molecule has 6 heteroatoms. The van der Waals surface area contributed by atoms with Crippen molar-refractivity contribution in [3.63, 3.8) is 0 Å². The predicted molar refractivity (Wildman–Crippen MR) is 80.5 cm³/mol. The first-order valence-electron chi connectivity index (χ1n) is 7.08. The van der Waals surface area contributed by atoms with Crippen LogP contribution in [0.1, 0.15) is 30.9 Å². The minimum absolute atomic E-state index is 0.162. The van der Waals surface area contributed by atoms with Crippen LogP contribution in [0.15, 0.2) is 23.1 Å². The van der Waals surface area contributed by atoms with Crippen molar-refractivity contribution in [3.05, 3.63) is 29.3 Å². The van der Waals surface area contributed by atoms with Crippen LogP contribution in [-0.2, 0) is 21.4 Å². The average Bonchev–Trinajstić information content (AvgIpc) is 2.47. The van der Waals surface area contributed by atoms with Gasteiger partial charge in [0.25, 0.3) is 0 Å². The molecule has 0 radical (unpaired) electrons. The van der Waals surface area contributed by atoms with Crippen LogP contribution >= 0.6 is 0 Å². The monoisotopic (exact) mass is 313 g/mol. The highest BCUT2D eigenvalue weighted by molar-refractivity contribution is 7.89. The van der Waals surface area contributed by atoms with Crippen molar-refractivity contribution in [2.24, 2.45) is 0 Å².